The second kappa shape index (κ2) is 8.53. The molecule has 1 atom stereocenters. The predicted octanol–water partition coefficient (Wildman–Crippen LogP) is 2.71. The molecular formula is C17H17Cl2N3O4. The van der Waals surface area contributed by atoms with E-state index in [0.717, 1.165) is 0 Å². The zero-order valence-electron chi connectivity index (χ0n) is 14.0. The van der Waals surface area contributed by atoms with Crippen LogP contribution in [0.2, 0.25) is 10.2 Å². The molecule has 2 aromatic rings. The van der Waals surface area contributed by atoms with Crippen molar-refractivity contribution in [2.75, 3.05) is 33.4 Å². The zero-order valence-corrected chi connectivity index (χ0v) is 15.5. The molecule has 0 N–H and O–H groups in total. The summed E-state index contributed by atoms with van der Waals surface area (Å²) in [6, 6.07) is 4.75. The fourth-order valence-corrected chi connectivity index (χ4v) is 2.91. The number of methoxy groups -OCH3 is 1. The van der Waals surface area contributed by atoms with Gasteiger partial charge in [0.15, 0.2) is 0 Å². The fraction of sp³-hybridized carbons (Fsp3) is 0.353. The summed E-state index contributed by atoms with van der Waals surface area (Å²) in [5.41, 5.74) is 0.419. The molecule has 0 spiro atoms. The fourth-order valence-electron chi connectivity index (χ4n) is 2.55. The largest absolute Gasteiger partial charge is 0.489 e. The Balaban J connectivity index is 1.62. The lowest BCUT2D eigenvalue weighted by molar-refractivity contribution is -0.0401. The van der Waals surface area contributed by atoms with Crippen LogP contribution in [0.1, 0.15) is 10.4 Å². The number of nitrogens with zero attached hydrogens (tertiary/aromatic N) is 3. The number of pyridine rings is 2. The van der Waals surface area contributed by atoms with E-state index < -0.39 is 0 Å². The van der Waals surface area contributed by atoms with Crippen molar-refractivity contribution >= 4 is 29.1 Å². The van der Waals surface area contributed by atoms with Gasteiger partial charge in [-0.15, -0.1) is 0 Å². The molecule has 7 nitrogen and oxygen atoms in total. The molecule has 9 heteroatoms. The average Bonchev–Trinajstić information content (AvgIpc) is 2.65. The Hall–Kier alpha value is -2.09. The SMILES string of the molecule is COc1cc(C(=O)N2CCOC(COc3cncc(Cl)c3)C2)cc(Cl)n1. The van der Waals surface area contributed by atoms with Gasteiger partial charge < -0.3 is 19.1 Å². The van der Waals surface area contributed by atoms with Gasteiger partial charge in [-0.1, -0.05) is 23.2 Å². The van der Waals surface area contributed by atoms with Crippen LogP contribution in [0.5, 0.6) is 11.6 Å². The third-order valence-corrected chi connectivity index (χ3v) is 4.17. The number of halogens is 2. The van der Waals surface area contributed by atoms with Crippen LogP contribution in [0.25, 0.3) is 0 Å². The summed E-state index contributed by atoms with van der Waals surface area (Å²) in [6.07, 6.45) is 2.84. The molecule has 26 heavy (non-hydrogen) atoms. The number of ether oxygens (including phenoxy) is 3. The molecule has 1 unspecified atom stereocenters. The molecular weight excluding hydrogens is 381 g/mol. The van der Waals surface area contributed by atoms with Gasteiger partial charge in [0.2, 0.25) is 5.88 Å². The van der Waals surface area contributed by atoms with Crippen LogP contribution in [0.15, 0.2) is 30.6 Å². The van der Waals surface area contributed by atoms with E-state index in [0.29, 0.717) is 41.9 Å². The van der Waals surface area contributed by atoms with Gasteiger partial charge in [0.25, 0.3) is 5.91 Å². The molecule has 0 radical (unpaired) electrons. The molecule has 1 saturated heterocycles. The molecule has 3 rings (SSSR count). The second-order valence-electron chi connectivity index (χ2n) is 5.61. The van der Waals surface area contributed by atoms with Crippen molar-refractivity contribution in [3.63, 3.8) is 0 Å². The first-order valence-electron chi connectivity index (χ1n) is 7.91. The average molecular weight is 398 g/mol. The highest BCUT2D eigenvalue weighted by atomic mass is 35.5. The van der Waals surface area contributed by atoms with Crippen molar-refractivity contribution < 1.29 is 19.0 Å². The number of aromatic nitrogens is 2. The quantitative estimate of drug-likeness (QED) is 0.722. The maximum Gasteiger partial charge on any atom is 0.254 e. The topological polar surface area (TPSA) is 73.8 Å². The molecule has 0 saturated carbocycles. The van der Waals surface area contributed by atoms with Gasteiger partial charge in [-0.25, -0.2) is 4.98 Å². The minimum atomic E-state index is -0.258. The van der Waals surface area contributed by atoms with Crippen molar-refractivity contribution in [2.45, 2.75) is 6.10 Å². The molecule has 2 aromatic heterocycles. The summed E-state index contributed by atoms with van der Waals surface area (Å²) >= 11 is 11.8. The zero-order chi connectivity index (χ0) is 18.5. The molecule has 1 amide bonds. The highest BCUT2D eigenvalue weighted by Crippen LogP contribution is 2.20. The number of amides is 1. The third-order valence-electron chi connectivity index (χ3n) is 3.77. The van der Waals surface area contributed by atoms with Gasteiger partial charge in [0.05, 0.1) is 31.5 Å². The lowest BCUT2D eigenvalue weighted by atomic mass is 10.2. The van der Waals surface area contributed by atoms with Crippen LogP contribution in [-0.2, 0) is 4.74 Å². The van der Waals surface area contributed by atoms with Crippen LogP contribution < -0.4 is 9.47 Å². The van der Waals surface area contributed by atoms with E-state index in [1.54, 1.807) is 23.2 Å². The third kappa shape index (κ3) is 4.75. The minimum absolute atomic E-state index is 0.162. The van der Waals surface area contributed by atoms with E-state index in [1.807, 2.05) is 0 Å². The Morgan fingerprint density at radius 2 is 2.19 bits per heavy atom. The van der Waals surface area contributed by atoms with Crippen molar-refractivity contribution in [3.05, 3.63) is 46.3 Å². The van der Waals surface area contributed by atoms with Crippen molar-refractivity contribution in [1.82, 2.24) is 14.9 Å². The Kier molecular flexibility index (Phi) is 6.13. The lowest BCUT2D eigenvalue weighted by Gasteiger charge is -2.33. The van der Waals surface area contributed by atoms with Crippen molar-refractivity contribution in [1.29, 1.82) is 0 Å². The molecule has 1 aliphatic heterocycles. The van der Waals surface area contributed by atoms with Crippen molar-refractivity contribution in [2.24, 2.45) is 0 Å². The summed E-state index contributed by atoms with van der Waals surface area (Å²) in [7, 11) is 1.47. The number of carbonyl (C=O) groups is 1. The monoisotopic (exact) mass is 397 g/mol. The number of rotatable bonds is 5. The Morgan fingerprint density at radius 3 is 2.96 bits per heavy atom. The maximum absolute atomic E-state index is 12.7. The van der Waals surface area contributed by atoms with E-state index in [-0.39, 0.29) is 23.8 Å². The van der Waals surface area contributed by atoms with E-state index in [2.05, 4.69) is 9.97 Å². The van der Waals surface area contributed by atoms with Crippen molar-refractivity contribution in [3.8, 4) is 11.6 Å². The first-order valence-corrected chi connectivity index (χ1v) is 8.66. The molecule has 1 fully saturated rings. The number of morpholine rings is 1. The van der Waals surface area contributed by atoms with Crippen LogP contribution in [-0.4, -0.2) is 60.3 Å². The highest BCUT2D eigenvalue weighted by Gasteiger charge is 2.26. The van der Waals surface area contributed by atoms with Gasteiger partial charge in [0.1, 0.15) is 23.6 Å². The lowest BCUT2D eigenvalue weighted by Crippen LogP contribution is -2.47. The standard InChI is InChI=1S/C17H17Cl2N3O4/c1-24-16-5-11(4-15(19)21-16)17(23)22-2-3-25-14(9-22)10-26-13-6-12(18)7-20-8-13/h4-8,14H,2-3,9-10H2,1H3. The predicted molar refractivity (Wildman–Crippen MR) is 96.2 cm³/mol. The normalized spacial score (nSPS) is 17.0. The molecule has 0 aliphatic carbocycles. The second-order valence-corrected chi connectivity index (χ2v) is 6.44. The Labute approximate surface area is 160 Å². The highest BCUT2D eigenvalue weighted by molar-refractivity contribution is 6.30. The van der Waals surface area contributed by atoms with Crippen LogP contribution in [0.4, 0.5) is 0 Å². The van der Waals surface area contributed by atoms with Crippen LogP contribution in [0, 0.1) is 0 Å². The Morgan fingerprint density at radius 1 is 1.35 bits per heavy atom. The Bertz CT molecular complexity index is 790. The first kappa shape index (κ1) is 18.7. The van der Waals surface area contributed by atoms with Crippen LogP contribution in [0.3, 0.4) is 0 Å². The smallest absolute Gasteiger partial charge is 0.254 e. The number of hydrogen-bond acceptors (Lipinski definition) is 6. The van der Waals surface area contributed by atoms with Gasteiger partial charge in [0, 0.05) is 30.4 Å². The summed E-state index contributed by atoms with van der Waals surface area (Å²) in [5.74, 6) is 0.683. The summed E-state index contributed by atoms with van der Waals surface area (Å²) in [5, 5.41) is 0.696. The van der Waals surface area contributed by atoms with Gasteiger partial charge in [-0.3, -0.25) is 9.78 Å². The van der Waals surface area contributed by atoms with E-state index in [1.165, 1.54) is 19.4 Å². The molecule has 3 heterocycles. The molecule has 1 aliphatic rings. The van der Waals surface area contributed by atoms with E-state index in [4.69, 9.17) is 37.4 Å². The summed E-state index contributed by atoms with van der Waals surface area (Å²) in [4.78, 5) is 22.4. The molecule has 138 valence electrons. The number of hydrogen-bond donors (Lipinski definition) is 0. The van der Waals surface area contributed by atoms with Gasteiger partial charge in [-0.05, 0) is 6.07 Å². The summed E-state index contributed by atoms with van der Waals surface area (Å²) in [6.45, 7) is 1.58. The first-order chi connectivity index (χ1) is 12.5. The minimum Gasteiger partial charge on any atom is -0.489 e. The van der Waals surface area contributed by atoms with Gasteiger partial charge >= 0.3 is 0 Å². The molecule has 0 bridgehead atoms. The van der Waals surface area contributed by atoms with Crippen LogP contribution >= 0.6 is 23.2 Å². The summed E-state index contributed by atoms with van der Waals surface area (Å²) < 4.78 is 16.4. The maximum atomic E-state index is 12.7. The molecule has 0 aromatic carbocycles. The van der Waals surface area contributed by atoms with E-state index >= 15 is 0 Å². The number of carbonyl (C=O) groups excluding carboxylic acids is 1. The van der Waals surface area contributed by atoms with E-state index in [9.17, 15) is 4.79 Å². The van der Waals surface area contributed by atoms with Gasteiger partial charge in [-0.2, -0.15) is 0 Å².